The number of benzene rings is 1. The lowest BCUT2D eigenvalue weighted by atomic mass is 9.95. The molecule has 1 aliphatic heterocycles. The number of halogens is 2. The van der Waals surface area contributed by atoms with Crippen molar-refractivity contribution in [2.45, 2.75) is 19.9 Å². The first kappa shape index (κ1) is 17.9. The van der Waals surface area contributed by atoms with E-state index in [0.717, 1.165) is 4.67 Å². The van der Waals surface area contributed by atoms with Crippen LogP contribution in [0.15, 0.2) is 41.6 Å². The Balaban J connectivity index is 2.65. The molecule has 23 heavy (non-hydrogen) atoms. The lowest BCUT2D eigenvalue weighted by molar-refractivity contribution is -0.139. The SMILES string of the molecule is CCOC(=O)C1=C(C)NC(=O)N(P(=O)(Cl)Cl)C1c1ccccc1. The van der Waals surface area contributed by atoms with E-state index in [1.165, 1.54) is 0 Å². The number of hydrogen-bond donors (Lipinski definition) is 1. The van der Waals surface area contributed by atoms with Gasteiger partial charge in [0, 0.05) is 5.70 Å². The van der Waals surface area contributed by atoms with Crippen LogP contribution >= 0.6 is 28.5 Å². The van der Waals surface area contributed by atoms with Gasteiger partial charge in [-0.05, 0) is 41.9 Å². The fraction of sp³-hybridized carbons (Fsp3) is 0.286. The first-order valence-corrected chi connectivity index (χ1v) is 10.3. The maximum atomic E-state index is 12.3. The summed E-state index contributed by atoms with van der Waals surface area (Å²) in [6, 6.07) is 6.87. The zero-order valence-corrected chi connectivity index (χ0v) is 14.9. The Morgan fingerprint density at radius 2 is 1.96 bits per heavy atom. The van der Waals surface area contributed by atoms with E-state index >= 15 is 0 Å². The second-order valence-corrected chi connectivity index (χ2v) is 9.35. The van der Waals surface area contributed by atoms with Crippen molar-refractivity contribution in [1.82, 2.24) is 9.99 Å². The topological polar surface area (TPSA) is 75.7 Å². The molecule has 1 aromatic rings. The molecule has 2 rings (SSSR count). The van der Waals surface area contributed by atoms with E-state index in [1.807, 2.05) is 0 Å². The fourth-order valence-corrected chi connectivity index (χ4v) is 4.10. The fourth-order valence-electron chi connectivity index (χ4n) is 2.39. The van der Waals surface area contributed by atoms with E-state index in [9.17, 15) is 14.2 Å². The number of carbonyl (C=O) groups is 2. The molecule has 1 aliphatic rings. The van der Waals surface area contributed by atoms with E-state index in [1.54, 1.807) is 44.2 Å². The van der Waals surface area contributed by atoms with Gasteiger partial charge in [-0.25, -0.2) is 14.3 Å². The van der Waals surface area contributed by atoms with E-state index in [-0.39, 0.29) is 12.2 Å². The molecule has 1 N–H and O–H groups in total. The third-order valence-electron chi connectivity index (χ3n) is 3.29. The Kier molecular flexibility index (Phi) is 5.40. The Labute approximate surface area is 143 Å². The van der Waals surface area contributed by atoms with Crippen LogP contribution in [0.5, 0.6) is 0 Å². The summed E-state index contributed by atoms with van der Waals surface area (Å²) in [5.74, 6) is -4.65. The number of amides is 2. The molecule has 9 heteroatoms. The number of urea groups is 1. The third kappa shape index (κ3) is 3.71. The highest BCUT2D eigenvalue weighted by Crippen LogP contribution is 2.64. The molecular formula is C14H15Cl2N2O4P. The lowest BCUT2D eigenvalue weighted by Gasteiger charge is -2.37. The van der Waals surface area contributed by atoms with Crippen molar-refractivity contribution < 1.29 is 18.9 Å². The number of nitrogens with zero attached hydrogens (tertiary/aromatic N) is 1. The molecule has 1 heterocycles. The molecule has 0 bridgehead atoms. The van der Waals surface area contributed by atoms with Crippen molar-refractivity contribution >= 4 is 40.5 Å². The number of rotatable bonds is 4. The van der Waals surface area contributed by atoms with E-state index in [4.69, 9.17) is 27.2 Å². The number of nitrogens with one attached hydrogen (secondary N) is 1. The van der Waals surface area contributed by atoms with Crippen LogP contribution in [-0.2, 0) is 14.1 Å². The summed E-state index contributed by atoms with van der Waals surface area (Å²) in [5.41, 5.74) is 0.991. The van der Waals surface area contributed by atoms with E-state index < -0.39 is 24.0 Å². The summed E-state index contributed by atoms with van der Waals surface area (Å²) in [4.78, 5) is 24.6. The predicted molar refractivity (Wildman–Crippen MR) is 88.2 cm³/mol. The molecule has 1 unspecified atom stereocenters. The molecule has 6 nitrogen and oxygen atoms in total. The average molecular weight is 377 g/mol. The summed E-state index contributed by atoms with van der Waals surface area (Å²) < 4.78 is 18.0. The van der Waals surface area contributed by atoms with Crippen molar-refractivity contribution in [3.05, 3.63) is 47.2 Å². The van der Waals surface area contributed by atoms with Crippen LogP contribution in [-0.4, -0.2) is 23.3 Å². The lowest BCUT2D eigenvalue weighted by Crippen LogP contribution is -2.45. The maximum Gasteiger partial charge on any atom is 0.350 e. The molecule has 1 aromatic carbocycles. The average Bonchev–Trinajstić information content (AvgIpc) is 2.46. The van der Waals surface area contributed by atoms with Gasteiger partial charge in [-0.1, -0.05) is 30.3 Å². The Hall–Kier alpha value is -1.49. The Morgan fingerprint density at radius 3 is 2.48 bits per heavy atom. The Morgan fingerprint density at radius 1 is 1.35 bits per heavy atom. The molecule has 2 amide bonds. The minimum atomic E-state index is -4.02. The molecule has 0 saturated heterocycles. The van der Waals surface area contributed by atoms with Crippen LogP contribution in [0.3, 0.4) is 0 Å². The van der Waals surface area contributed by atoms with Gasteiger partial charge in [0.05, 0.1) is 12.2 Å². The van der Waals surface area contributed by atoms with Crippen LogP contribution in [0, 0.1) is 0 Å². The monoisotopic (exact) mass is 376 g/mol. The molecule has 0 fully saturated rings. The van der Waals surface area contributed by atoms with Gasteiger partial charge in [0.15, 0.2) is 0 Å². The van der Waals surface area contributed by atoms with Crippen molar-refractivity contribution in [2.24, 2.45) is 0 Å². The minimum absolute atomic E-state index is 0.138. The predicted octanol–water partition coefficient (Wildman–Crippen LogP) is 4.18. The van der Waals surface area contributed by atoms with E-state index in [0.29, 0.717) is 11.3 Å². The number of allylic oxidation sites excluding steroid dienone is 1. The number of hydrogen-bond acceptors (Lipinski definition) is 4. The molecule has 0 spiro atoms. The molecule has 0 aliphatic carbocycles. The van der Waals surface area contributed by atoms with E-state index in [2.05, 4.69) is 5.32 Å². The second kappa shape index (κ2) is 6.95. The van der Waals surface area contributed by atoms with Crippen molar-refractivity contribution in [3.63, 3.8) is 0 Å². The van der Waals surface area contributed by atoms with Crippen LogP contribution < -0.4 is 5.32 Å². The van der Waals surface area contributed by atoms with Crippen molar-refractivity contribution in [1.29, 1.82) is 0 Å². The summed E-state index contributed by atoms with van der Waals surface area (Å²) in [5, 5.41) is 2.45. The van der Waals surface area contributed by atoms with Gasteiger partial charge in [-0.3, -0.25) is 4.57 Å². The Bertz CT molecular complexity index is 702. The zero-order valence-electron chi connectivity index (χ0n) is 12.5. The number of carbonyl (C=O) groups excluding carboxylic acids is 2. The highest BCUT2D eigenvalue weighted by atomic mass is 35.9. The standard InChI is InChI=1S/C14H15Cl2N2O4P/c1-3-22-13(19)11-9(2)17-14(20)18(23(15,16)21)12(11)10-7-5-4-6-8-10/h4-8,12H,3H2,1-2H3,(H,17,20). The molecule has 0 aromatic heterocycles. The van der Waals surface area contributed by atoms with Gasteiger partial charge < -0.3 is 10.1 Å². The van der Waals surface area contributed by atoms with Crippen LogP contribution in [0.25, 0.3) is 0 Å². The van der Waals surface area contributed by atoms with Gasteiger partial charge >= 0.3 is 18.0 Å². The first-order chi connectivity index (χ1) is 10.8. The van der Waals surface area contributed by atoms with Gasteiger partial charge in [-0.2, -0.15) is 0 Å². The maximum absolute atomic E-state index is 12.3. The van der Waals surface area contributed by atoms with Gasteiger partial charge in [0.1, 0.15) is 6.04 Å². The summed E-state index contributed by atoms with van der Waals surface area (Å²) >= 11 is 11.5. The van der Waals surface area contributed by atoms with Crippen molar-refractivity contribution in [3.8, 4) is 0 Å². The highest BCUT2D eigenvalue weighted by Gasteiger charge is 2.45. The largest absolute Gasteiger partial charge is 0.463 e. The second-order valence-electron chi connectivity index (χ2n) is 4.78. The van der Waals surface area contributed by atoms with Gasteiger partial charge in [0.2, 0.25) is 0 Å². The summed E-state index contributed by atoms with van der Waals surface area (Å²) in [6.07, 6.45) is 0. The molecule has 0 radical (unpaired) electrons. The van der Waals surface area contributed by atoms with Crippen molar-refractivity contribution in [2.75, 3.05) is 6.61 Å². The first-order valence-electron chi connectivity index (χ1n) is 6.80. The van der Waals surface area contributed by atoms with Gasteiger partial charge in [-0.15, -0.1) is 0 Å². The van der Waals surface area contributed by atoms with Gasteiger partial charge in [0.25, 0.3) is 0 Å². The number of esters is 1. The molecule has 124 valence electrons. The quantitative estimate of drug-likeness (QED) is 0.631. The third-order valence-corrected chi connectivity index (χ3v) is 5.18. The van der Waals surface area contributed by atoms with Crippen LogP contribution in [0.1, 0.15) is 25.5 Å². The summed E-state index contributed by atoms with van der Waals surface area (Å²) in [6.45, 7) is 3.38. The van der Waals surface area contributed by atoms with Crippen LogP contribution in [0.2, 0.25) is 0 Å². The molecule has 1 atom stereocenters. The molecule has 0 saturated carbocycles. The minimum Gasteiger partial charge on any atom is -0.463 e. The summed E-state index contributed by atoms with van der Waals surface area (Å²) in [7, 11) is 0. The number of ether oxygens (including phenoxy) is 1. The smallest absolute Gasteiger partial charge is 0.350 e. The zero-order chi connectivity index (χ0) is 17.2. The van der Waals surface area contributed by atoms with Crippen LogP contribution in [0.4, 0.5) is 4.79 Å². The highest BCUT2D eigenvalue weighted by molar-refractivity contribution is 8.07. The normalized spacial score (nSPS) is 18.7. The molecular weight excluding hydrogens is 362 g/mol.